The van der Waals surface area contributed by atoms with Crippen LogP contribution in [-0.2, 0) is 9.59 Å². The molecular weight excluding hydrogens is 408 g/mol. The molecule has 3 nitrogen and oxygen atoms in total. The highest BCUT2D eigenvalue weighted by Gasteiger charge is 2.02. The number of unbranched alkanes of at least 4 members (excludes halogenated alkanes) is 22. The van der Waals surface area contributed by atoms with Gasteiger partial charge in [-0.05, 0) is 19.3 Å². The van der Waals surface area contributed by atoms with E-state index in [-0.39, 0.29) is 0 Å². The van der Waals surface area contributed by atoms with Crippen LogP contribution in [0.5, 0.6) is 0 Å². The van der Waals surface area contributed by atoms with Crippen molar-refractivity contribution in [3.63, 3.8) is 0 Å². The van der Waals surface area contributed by atoms with Crippen LogP contribution in [0.25, 0.3) is 0 Å². The molecule has 0 radical (unpaired) electrons. The topological polar surface area (TPSA) is 54.4 Å². The van der Waals surface area contributed by atoms with Gasteiger partial charge in [-0.25, -0.2) is 0 Å². The largest absolute Gasteiger partial charge is 0.481 e. The Morgan fingerprint density at radius 1 is 0.394 bits per heavy atom. The second kappa shape index (κ2) is 27.4. The maximum absolute atomic E-state index is 12.0. The highest BCUT2D eigenvalue weighted by Crippen LogP contribution is 2.15. The summed E-state index contributed by atoms with van der Waals surface area (Å²) in [5.74, 6) is -0.202. The summed E-state index contributed by atoms with van der Waals surface area (Å²) in [6, 6.07) is 0. The van der Waals surface area contributed by atoms with Crippen LogP contribution >= 0.6 is 0 Å². The number of carbonyl (C=O) groups is 2. The molecule has 0 atom stereocenters. The van der Waals surface area contributed by atoms with Gasteiger partial charge in [0.1, 0.15) is 5.78 Å². The van der Waals surface area contributed by atoms with Crippen molar-refractivity contribution < 1.29 is 14.7 Å². The SMILES string of the molecule is CCCCCCCCCCCCCCCCCC(=O)CCCCCCCCCCCC(=O)O. The third-order valence-electron chi connectivity index (χ3n) is 6.91. The fraction of sp³-hybridized carbons (Fsp3) is 0.933. The molecule has 0 aliphatic heterocycles. The van der Waals surface area contributed by atoms with Crippen molar-refractivity contribution in [2.45, 2.75) is 180 Å². The van der Waals surface area contributed by atoms with Crippen molar-refractivity contribution in [3.05, 3.63) is 0 Å². The third-order valence-corrected chi connectivity index (χ3v) is 6.91. The first-order valence-electron chi connectivity index (χ1n) is 14.9. The molecule has 0 bridgehead atoms. The van der Waals surface area contributed by atoms with Crippen molar-refractivity contribution in [2.24, 2.45) is 0 Å². The summed E-state index contributed by atoms with van der Waals surface area (Å²) in [5, 5.41) is 8.60. The molecule has 0 saturated heterocycles. The normalized spacial score (nSPS) is 11.2. The number of hydrogen-bond acceptors (Lipinski definition) is 2. The molecule has 196 valence electrons. The zero-order valence-corrected chi connectivity index (χ0v) is 22.4. The third kappa shape index (κ3) is 29.1. The van der Waals surface area contributed by atoms with Crippen LogP contribution in [0, 0.1) is 0 Å². The van der Waals surface area contributed by atoms with Gasteiger partial charge in [0, 0.05) is 19.3 Å². The quantitative estimate of drug-likeness (QED) is 0.117. The number of carbonyl (C=O) groups excluding carboxylic acids is 1. The summed E-state index contributed by atoms with van der Waals surface area (Å²) < 4.78 is 0. The Morgan fingerprint density at radius 3 is 0.909 bits per heavy atom. The van der Waals surface area contributed by atoms with E-state index in [1.165, 1.54) is 122 Å². The molecule has 0 aliphatic rings. The first kappa shape index (κ1) is 32.1. The molecule has 3 heteroatoms. The Hall–Kier alpha value is -0.860. The van der Waals surface area contributed by atoms with Gasteiger partial charge >= 0.3 is 5.97 Å². The molecule has 0 aromatic carbocycles. The van der Waals surface area contributed by atoms with Gasteiger partial charge in [0.15, 0.2) is 0 Å². The number of Topliss-reactive ketones (excluding diaryl/α,β-unsaturated/α-hetero) is 1. The summed E-state index contributed by atoms with van der Waals surface area (Å²) in [4.78, 5) is 22.5. The molecule has 0 rings (SSSR count). The maximum atomic E-state index is 12.0. The van der Waals surface area contributed by atoms with E-state index in [2.05, 4.69) is 6.92 Å². The number of hydrogen-bond donors (Lipinski definition) is 1. The van der Waals surface area contributed by atoms with Crippen LogP contribution in [0.1, 0.15) is 180 Å². The average Bonchev–Trinajstić information content (AvgIpc) is 2.79. The van der Waals surface area contributed by atoms with Gasteiger partial charge in [-0.3, -0.25) is 9.59 Å². The van der Waals surface area contributed by atoms with E-state index in [1.54, 1.807) is 0 Å². The van der Waals surface area contributed by atoms with Gasteiger partial charge in [-0.2, -0.15) is 0 Å². The number of carboxylic acids is 1. The van der Waals surface area contributed by atoms with Crippen molar-refractivity contribution in [1.82, 2.24) is 0 Å². The van der Waals surface area contributed by atoms with Gasteiger partial charge in [-0.1, -0.05) is 142 Å². The van der Waals surface area contributed by atoms with Gasteiger partial charge in [0.05, 0.1) is 0 Å². The minimum Gasteiger partial charge on any atom is -0.481 e. The number of ketones is 1. The van der Waals surface area contributed by atoms with Gasteiger partial charge in [0.2, 0.25) is 0 Å². The average molecular weight is 467 g/mol. The number of rotatable bonds is 28. The Bertz CT molecular complexity index is 419. The van der Waals surface area contributed by atoms with Crippen LogP contribution in [0.3, 0.4) is 0 Å². The lowest BCUT2D eigenvalue weighted by atomic mass is 10.0. The predicted molar refractivity (Wildman–Crippen MR) is 143 cm³/mol. The number of aliphatic carboxylic acids is 1. The minimum absolute atomic E-state index is 0.313. The lowest BCUT2D eigenvalue weighted by Crippen LogP contribution is -1.97. The molecule has 1 N–H and O–H groups in total. The molecular formula is C30H58O3. The molecule has 0 saturated carbocycles. The fourth-order valence-corrected chi connectivity index (χ4v) is 4.65. The highest BCUT2D eigenvalue weighted by atomic mass is 16.4. The molecule has 0 amide bonds. The van der Waals surface area contributed by atoms with Crippen LogP contribution in [0.15, 0.2) is 0 Å². The summed E-state index contributed by atoms with van der Waals surface area (Å²) in [5.41, 5.74) is 0. The second-order valence-electron chi connectivity index (χ2n) is 10.3. The van der Waals surface area contributed by atoms with Crippen molar-refractivity contribution in [3.8, 4) is 0 Å². The molecule has 0 heterocycles. The van der Waals surface area contributed by atoms with Crippen LogP contribution < -0.4 is 0 Å². The van der Waals surface area contributed by atoms with Crippen molar-refractivity contribution in [2.75, 3.05) is 0 Å². The van der Waals surface area contributed by atoms with Gasteiger partial charge in [0.25, 0.3) is 0 Å². The fourth-order valence-electron chi connectivity index (χ4n) is 4.65. The van der Waals surface area contributed by atoms with E-state index in [0.29, 0.717) is 12.2 Å². The van der Waals surface area contributed by atoms with E-state index in [0.717, 1.165) is 44.9 Å². The van der Waals surface area contributed by atoms with E-state index >= 15 is 0 Å². The summed E-state index contributed by atoms with van der Waals surface area (Å²) >= 11 is 0. The van der Waals surface area contributed by atoms with Crippen molar-refractivity contribution in [1.29, 1.82) is 0 Å². The number of carboxylic acid groups (broad SMARTS) is 1. The van der Waals surface area contributed by atoms with Gasteiger partial charge < -0.3 is 5.11 Å². The molecule has 33 heavy (non-hydrogen) atoms. The second-order valence-corrected chi connectivity index (χ2v) is 10.3. The molecule has 0 aromatic rings. The first-order valence-corrected chi connectivity index (χ1v) is 14.9. The Balaban J connectivity index is 3.15. The zero-order valence-electron chi connectivity index (χ0n) is 22.4. The molecule has 0 fully saturated rings. The van der Waals surface area contributed by atoms with Crippen molar-refractivity contribution >= 4 is 11.8 Å². The van der Waals surface area contributed by atoms with E-state index < -0.39 is 5.97 Å². The maximum Gasteiger partial charge on any atom is 0.303 e. The minimum atomic E-state index is -0.677. The monoisotopic (exact) mass is 466 g/mol. The predicted octanol–water partition coefficient (Wildman–Crippen LogP) is 10.2. The molecule has 0 aromatic heterocycles. The molecule has 0 spiro atoms. The van der Waals surface area contributed by atoms with Gasteiger partial charge in [-0.15, -0.1) is 0 Å². The summed E-state index contributed by atoms with van der Waals surface area (Å²) in [6.45, 7) is 2.28. The lowest BCUT2D eigenvalue weighted by Gasteiger charge is -2.04. The van der Waals surface area contributed by atoms with E-state index in [9.17, 15) is 9.59 Å². The summed E-state index contributed by atoms with van der Waals surface area (Å²) in [6.07, 6.45) is 32.7. The lowest BCUT2D eigenvalue weighted by molar-refractivity contribution is -0.137. The summed E-state index contributed by atoms with van der Waals surface area (Å²) in [7, 11) is 0. The van der Waals surface area contributed by atoms with Crippen LogP contribution in [0.4, 0.5) is 0 Å². The molecule has 0 aliphatic carbocycles. The van der Waals surface area contributed by atoms with Crippen LogP contribution in [0.2, 0.25) is 0 Å². The Morgan fingerprint density at radius 2 is 0.636 bits per heavy atom. The molecule has 0 unspecified atom stereocenters. The highest BCUT2D eigenvalue weighted by molar-refractivity contribution is 5.78. The zero-order chi connectivity index (χ0) is 24.2. The van der Waals surface area contributed by atoms with E-state index in [1.807, 2.05) is 0 Å². The Kier molecular flexibility index (Phi) is 26.7. The first-order chi connectivity index (χ1) is 16.2. The van der Waals surface area contributed by atoms with Crippen LogP contribution in [-0.4, -0.2) is 16.9 Å². The standard InChI is InChI=1S/C30H58O3/c1-2-3-4-5-6-7-8-9-10-11-12-14-17-20-23-26-29(31)27-24-21-18-15-13-16-19-22-25-28-30(32)33/h2-28H2,1H3,(H,32,33). The Labute approximate surface area is 206 Å². The smallest absolute Gasteiger partial charge is 0.303 e. The van der Waals surface area contributed by atoms with E-state index in [4.69, 9.17) is 5.11 Å².